The molecule has 4 aromatic rings. The topological polar surface area (TPSA) is 201 Å². The van der Waals surface area contributed by atoms with Gasteiger partial charge in [0.15, 0.2) is 0 Å². The fourth-order valence-corrected chi connectivity index (χ4v) is 1.96. The number of rotatable bonds is 4. The van der Waals surface area contributed by atoms with Crippen LogP contribution in [0, 0.1) is 0 Å². The van der Waals surface area contributed by atoms with Crippen molar-refractivity contribution in [2.75, 3.05) is 0 Å². The fraction of sp³-hybridized carbons (Fsp3) is 0. The Morgan fingerprint density at radius 1 is 0.462 bits per heavy atom. The van der Waals surface area contributed by atoms with Crippen LogP contribution in [-0.4, -0.2) is 64.2 Å². The zero-order chi connectivity index (χ0) is 29.5. The molecule has 0 fully saturated rings. The van der Waals surface area contributed by atoms with E-state index in [1.54, 1.807) is 48.5 Å². The number of aromatic nitrogens is 4. The summed E-state index contributed by atoms with van der Waals surface area (Å²) in [6, 6.07) is 19.0. The van der Waals surface area contributed by atoms with Gasteiger partial charge in [-0.3, -0.25) is 0 Å². The van der Waals surface area contributed by atoms with E-state index in [0.29, 0.717) is 0 Å². The quantitative estimate of drug-likeness (QED) is 0.223. The Labute approximate surface area is 237 Å². The second-order valence-electron chi connectivity index (χ2n) is 6.13. The molecule has 12 nitrogen and oxygen atoms in total. The number of pyridine rings is 4. The van der Waals surface area contributed by atoms with Crippen molar-refractivity contribution in [2.45, 2.75) is 0 Å². The van der Waals surface area contributed by atoms with Crippen LogP contribution in [0.2, 0.25) is 0 Å². The van der Waals surface area contributed by atoms with Crippen LogP contribution in [0.3, 0.4) is 0 Å². The zero-order valence-electron chi connectivity index (χ0n) is 19.5. The van der Waals surface area contributed by atoms with Gasteiger partial charge in [-0.1, -0.05) is 24.3 Å². The molecule has 0 spiro atoms. The molecule has 0 aliphatic carbocycles. The first kappa shape index (κ1) is 34.7. The molecule has 0 unspecified atom stereocenters. The molecular weight excluding hydrogens is 646 g/mol. The van der Waals surface area contributed by atoms with Gasteiger partial charge < -0.3 is 20.4 Å². The van der Waals surface area contributed by atoms with Crippen molar-refractivity contribution in [3.63, 3.8) is 0 Å². The predicted octanol–water partition coefficient (Wildman–Crippen LogP) is 4.50. The summed E-state index contributed by atoms with van der Waals surface area (Å²) in [6.07, 6.45) is 5.79. The van der Waals surface area contributed by atoms with Crippen LogP contribution >= 0.6 is 19.4 Å². The number of carbonyl (C=O) groups is 4. The van der Waals surface area contributed by atoms with Gasteiger partial charge in [0.2, 0.25) is 0 Å². The normalized spacial score (nSPS) is 8.77. The van der Waals surface area contributed by atoms with Crippen molar-refractivity contribution in [1.82, 2.24) is 19.9 Å². The summed E-state index contributed by atoms with van der Waals surface area (Å²) in [5.41, 5.74) is 0.324. The number of carboxylic acids is 4. The van der Waals surface area contributed by atoms with Crippen LogP contribution in [0.5, 0.6) is 0 Å². The van der Waals surface area contributed by atoms with Gasteiger partial charge in [0.1, 0.15) is 22.8 Å². The molecule has 0 saturated carbocycles. The summed E-state index contributed by atoms with van der Waals surface area (Å²) in [5.74, 6) is -3.96. The minimum absolute atomic E-state index is 0.0810. The molecular formula is C24H20Cl2N4O8Rh. The third-order valence-electron chi connectivity index (χ3n) is 3.54. The molecule has 0 atom stereocenters. The van der Waals surface area contributed by atoms with Gasteiger partial charge in [0.25, 0.3) is 0 Å². The summed E-state index contributed by atoms with van der Waals surface area (Å²) in [5, 5.41) is 33.3. The van der Waals surface area contributed by atoms with E-state index in [9.17, 15) is 19.2 Å². The maximum atomic E-state index is 10.1. The number of aromatic carboxylic acids is 4. The first-order valence-electron chi connectivity index (χ1n) is 10.0. The number of halogens is 2. The molecule has 0 bridgehead atoms. The molecule has 0 saturated heterocycles. The van der Waals surface area contributed by atoms with Crippen molar-refractivity contribution in [3.8, 4) is 0 Å². The minimum atomic E-state index is -0.990. The molecule has 0 amide bonds. The summed E-state index contributed by atoms with van der Waals surface area (Å²) in [6.45, 7) is 0. The second-order valence-corrected chi connectivity index (χ2v) is 8.62. The Balaban J connectivity index is 0.000000477. The van der Waals surface area contributed by atoms with E-state index >= 15 is 0 Å². The molecule has 4 rings (SSSR count). The van der Waals surface area contributed by atoms with Crippen molar-refractivity contribution in [1.29, 1.82) is 0 Å². The first-order chi connectivity index (χ1) is 18.6. The van der Waals surface area contributed by atoms with E-state index in [-0.39, 0.29) is 37.9 Å². The van der Waals surface area contributed by atoms with Crippen LogP contribution in [-0.2, 0) is 15.1 Å². The van der Waals surface area contributed by atoms with Gasteiger partial charge in [0.05, 0.1) is 0 Å². The predicted molar refractivity (Wildman–Crippen MR) is 136 cm³/mol. The Morgan fingerprint density at radius 3 is 0.718 bits per heavy atom. The van der Waals surface area contributed by atoms with Crippen molar-refractivity contribution in [3.05, 3.63) is 120 Å². The van der Waals surface area contributed by atoms with Crippen molar-refractivity contribution >= 4 is 43.3 Å². The summed E-state index contributed by atoms with van der Waals surface area (Å²) in [4.78, 5) is 54.9. The van der Waals surface area contributed by atoms with Crippen LogP contribution in [0.1, 0.15) is 42.0 Å². The van der Waals surface area contributed by atoms with Gasteiger partial charge in [0, 0.05) is 24.8 Å². The van der Waals surface area contributed by atoms with Crippen molar-refractivity contribution < 1.29 is 54.7 Å². The molecule has 0 aliphatic rings. The molecule has 4 heterocycles. The molecule has 4 N–H and O–H groups in total. The number of hydrogen-bond donors (Lipinski definition) is 4. The fourth-order valence-electron chi connectivity index (χ4n) is 1.96. The average Bonchev–Trinajstić information content (AvgIpc) is 2.96. The first-order valence-corrected chi connectivity index (χ1v) is 14.3. The molecule has 0 aliphatic heterocycles. The molecule has 0 aromatic carbocycles. The van der Waals surface area contributed by atoms with E-state index in [1.165, 1.54) is 49.1 Å². The van der Waals surface area contributed by atoms with Crippen molar-refractivity contribution in [2.24, 2.45) is 0 Å². The summed E-state index contributed by atoms with van der Waals surface area (Å²) >= 11 is -0.226. The van der Waals surface area contributed by atoms with E-state index in [2.05, 4.69) is 19.9 Å². The molecule has 15 heteroatoms. The van der Waals surface area contributed by atoms with E-state index in [4.69, 9.17) is 39.8 Å². The number of hydrogen-bond acceptors (Lipinski definition) is 8. The second kappa shape index (κ2) is 21.7. The SMILES string of the molecule is O=C(O)c1ccccn1.O=C(O)c1ccccn1.O=C(O)c1ccccn1.O=C(O)c1ccccn1.[Cl][Rh][Cl]. The van der Waals surface area contributed by atoms with Crippen LogP contribution < -0.4 is 0 Å². The zero-order valence-corrected chi connectivity index (χ0v) is 22.7. The van der Waals surface area contributed by atoms with E-state index in [0.717, 1.165) is 0 Å². The van der Waals surface area contributed by atoms with Gasteiger partial charge in [-0.05, 0) is 48.5 Å². The monoisotopic (exact) mass is 665 g/mol. The van der Waals surface area contributed by atoms with E-state index < -0.39 is 23.9 Å². The average molecular weight is 666 g/mol. The molecule has 39 heavy (non-hydrogen) atoms. The van der Waals surface area contributed by atoms with Gasteiger partial charge in [-0.2, -0.15) is 0 Å². The number of nitrogens with zero attached hydrogens (tertiary/aromatic N) is 4. The number of carboxylic acid groups (broad SMARTS) is 4. The molecule has 207 valence electrons. The van der Waals surface area contributed by atoms with Gasteiger partial charge >= 0.3 is 58.4 Å². The Morgan fingerprint density at radius 2 is 0.641 bits per heavy atom. The summed E-state index contributed by atoms with van der Waals surface area (Å²) in [7, 11) is 9.67. The third-order valence-corrected chi connectivity index (χ3v) is 3.54. The molecule has 0 radical (unpaired) electrons. The Kier molecular flexibility index (Phi) is 19.3. The third kappa shape index (κ3) is 17.7. The standard InChI is InChI=1S/4C6H5NO2.2ClH.Rh/c4*8-6(9)5-3-1-2-4-7-5;;;/h4*1-4H,(H,8,9);2*1H;/q;;;;;;+2/p-2. The summed E-state index contributed by atoms with van der Waals surface area (Å²) < 4.78 is 0. The van der Waals surface area contributed by atoms with E-state index in [1.807, 2.05) is 0 Å². The molecule has 4 aromatic heterocycles. The Bertz CT molecular complexity index is 1060. The van der Waals surface area contributed by atoms with Gasteiger partial charge in [-0.15, -0.1) is 0 Å². The van der Waals surface area contributed by atoms with Crippen LogP contribution in [0.4, 0.5) is 0 Å². The Hall–Kier alpha value is -4.32. The van der Waals surface area contributed by atoms with Gasteiger partial charge in [-0.25, -0.2) is 39.1 Å². The maximum absolute atomic E-state index is 10.1. The van der Waals surface area contributed by atoms with Crippen LogP contribution in [0.25, 0.3) is 0 Å². The van der Waals surface area contributed by atoms with Crippen LogP contribution in [0.15, 0.2) is 97.6 Å².